The molecule has 0 spiro atoms. The summed E-state index contributed by atoms with van der Waals surface area (Å²) < 4.78 is 1.81. The van der Waals surface area contributed by atoms with Crippen molar-refractivity contribution >= 4 is 50.3 Å². The summed E-state index contributed by atoms with van der Waals surface area (Å²) in [5.41, 5.74) is 4.78. The quantitative estimate of drug-likeness (QED) is 0.468. The summed E-state index contributed by atoms with van der Waals surface area (Å²) >= 11 is -0.834. The maximum Gasteiger partial charge on any atom is -0.0149 e. The largest absolute Gasteiger partial charge is 0.147 e. The van der Waals surface area contributed by atoms with E-state index in [-0.39, 0.29) is 35.8 Å². The van der Waals surface area contributed by atoms with Gasteiger partial charge >= 0.3 is 82.5 Å². The predicted molar refractivity (Wildman–Crippen MR) is 114 cm³/mol. The minimum atomic E-state index is -0.834. The molecule has 0 amide bonds. The Hall–Kier alpha value is 0.641. The Balaban J connectivity index is -0.000000317. The van der Waals surface area contributed by atoms with E-state index in [1.807, 2.05) is 34.2 Å². The fraction of sp³-hybridized carbons (Fsp3) is 0.412. The first-order valence-electron chi connectivity index (χ1n) is 6.85. The molecule has 0 saturated carbocycles. The molecule has 0 fully saturated rings. The fourth-order valence-corrected chi connectivity index (χ4v) is 6.00. The topological polar surface area (TPSA) is 0 Å². The van der Waals surface area contributed by atoms with Crippen molar-refractivity contribution in [3.63, 3.8) is 0 Å². The van der Waals surface area contributed by atoms with Gasteiger partial charge in [-0.1, -0.05) is 30.3 Å². The molecule has 2 atom stereocenters. The van der Waals surface area contributed by atoms with Crippen LogP contribution in [0.15, 0.2) is 50.9 Å². The normalized spacial score (nSPS) is 15.9. The van der Waals surface area contributed by atoms with E-state index in [1.54, 1.807) is 16.7 Å². The molecule has 0 heterocycles. The molecule has 0 N–H and O–H groups in total. The third kappa shape index (κ3) is 7.47. The number of rotatable bonds is 1. The van der Waals surface area contributed by atoms with Crippen molar-refractivity contribution in [2.45, 2.75) is 38.2 Å². The monoisotopic (exact) mass is 413 g/mol. The number of hydrogen-bond acceptors (Lipinski definition) is 0. The molecule has 0 saturated heterocycles. The van der Waals surface area contributed by atoms with Crippen molar-refractivity contribution in [2.75, 3.05) is 0 Å². The maximum absolute atomic E-state index is 2.63. The molecule has 0 aliphatic heterocycles. The summed E-state index contributed by atoms with van der Waals surface area (Å²) in [6.45, 7) is 9.23. The summed E-state index contributed by atoms with van der Waals surface area (Å²) in [6.07, 6.45) is 0. The Morgan fingerprint density at radius 2 is 1.36 bits per heavy atom. The van der Waals surface area contributed by atoms with Crippen molar-refractivity contribution in [3.05, 3.63) is 50.9 Å². The molecule has 1 aliphatic carbocycles. The Morgan fingerprint density at radius 3 is 1.55 bits per heavy atom. The number of allylic oxidation sites excluding steroid dienone is 4. The van der Waals surface area contributed by atoms with E-state index in [0.717, 1.165) is 5.92 Å². The zero-order valence-corrected chi connectivity index (χ0v) is 18.2. The second kappa shape index (κ2) is 13.0. The van der Waals surface area contributed by atoms with Gasteiger partial charge < -0.3 is 0 Å². The van der Waals surface area contributed by atoms with E-state index in [1.165, 1.54) is 5.30 Å². The Labute approximate surface area is 162 Å². The van der Waals surface area contributed by atoms with Gasteiger partial charge in [-0.25, -0.2) is 0 Å². The van der Waals surface area contributed by atoms with Crippen LogP contribution in [-0.2, 0) is 17.9 Å². The Bertz CT molecular complexity index is 499. The van der Waals surface area contributed by atoms with Gasteiger partial charge in [-0.2, -0.15) is 0 Å². The summed E-state index contributed by atoms with van der Waals surface area (Å²) in [4.78, 5) is 0. The molecule has 127 valence electrons. The Morgan fingerprint density at radius 1 is 0.909 bits per heavy atom. The number of hydrogen-bond donors (Lipinski definition) is 0. The molecule has 2 unspecified atom stereocenters. The second-order valence-corrected chi connectivity index (χ2v) is 10.1. The smallest absolute Gasteiger partial charge is 0.0149 e. The van der Waals surface area contributed by atoms with Crippen molar-refractivity contribution in [1.82, 2.24) is 0 Å². The van der Waals surface area contributed by atoms with Gasteiger partial charge in [0, 0.05) is 0 Å². The van der Waals surface area contributed by atoms with Gasteiger partial charge in [0.25, 0.3) is 0 Å². The molecule has 0 nitrogen and oxygen atoms in total. The third-order valence-corrected chi connectivity index (χ3v) is 7.31. The average molecular weight is 414 g/mol. The van der Waals surface area contributed by atoms with Gasteiger partial charge in [-0.15, -0.1) is 34.1 Å². The van der Waals surface area contributed by atoms with Crippen molar-refractivity contribution in [1.29, 1.82) is 0 Å². The Kier molecular flexibility index (Phi) is 16.2. The van der Waals surface area contributed by atoms with Crippen LogP contribution in [0.5, 0.6) is 0 Å². The van der Waals surface area contributed by atoms with Gasteiger partial charge in [-0.05, 0) is 16.3 Å². The second-order valence-electron chi connectivity index (χ2n) is 5.48. The van der Waals surface area contributed by atoms with Crippen LogP contribution in [0.2, 0.25) is 10.5 Å². The first-order chi connectivity index (χ1) is 8.86. The van der Waals surface area contributed by atoms with Crippen LogP contribution in [0, 0.1) is 5.92 Å². The van der Waals surface area contributed by atoms with Crippen LogP contribution in [0.25, 0.3) is 0 Å². The summed E-state index contributed by atoms with van der Waals surface area (Å²) in [5.74, 6) is 0.759. The van der Waals surface area contributed by atoms with Crippen molar-refractivity contribution in [3.8, 4) is 0 Å². The van der Waals surface area contributed by atoms with Crippen LogP contribution in [0.3, 0.4) is 0 Å². The van der Waals surface area contributed by atoms with Gasteiger partial charge in [0.15, 0.2) is 0 Å². The molecule has 22 heavy (non-hydrogen) atoms. The summed E-state index contributed by atoms with van der Waals surface area (Å²) in [6, 6.07) is 10.1. The predicted octanol–water partition coefficient (Wildman–Crippen LogP) is 4.54. The minimum Gasteiger partial charge on any atom is -0.147 e. The molecule has 5 heteroatoms. The summed E-state index contributed by atoms with van der Waals surface area (Å²) in [7, 11) is 2.63. The minimum absolute atomic E-state index is 0. The molecular weight excluding hydrogens is 382 g/mol. The van der Waals surface area contributed by atoms with Crippen molar-refractivity contribution in [2.24, 2.45) is 5.92 Å². The van der Waals surface area contributed by atoms with Gasteiger partial charge in [0.1, 0.15) is 0 Å². The van der Waals surface area contributed by atoms with E-state index in [0.29, 0.717) is 0 Å². The fourth-order valence-electron chi connectivity index (χ4n) is 2.62. The molecule has 1 aromatic rings. The molecule has 2 rings (SSSR count). The molecule has 0 bridgehead atoms. The first kappa shape index (κ1) is 27.5. The van der Waals surface area contributed by atoms with Crippen molar-refractivity contribution < 1.29 is 17.9 Å². The molecule has 1 aliphatic rings. The van der Waals surface area contributed by atoms with E-state index in [4.69, 9.17) is 0 Å². The van der Waals surface area contributed by atoms with Crippen LogP contribution in [-0.4, -0.2) is 11.0 Å². The van der Waals surface area contributed by atoms with Crippen LogP contribution >= 0.6 is 34.1 Å². The van der Waals surface area contributed by atoms with Gasteiger partial charge in [0.05, 0.1) is 0 Å². The van der Waals surface area contributed by atoms with Gasteiger partial charge in [0.2, 0.25) is 0 Å². The maximum atomic E-state index is 2.63. The zero-order chi connectivity index (χ0) is 14.6. The SMILES string of the molecule is CC1=C(C)C(C)[C]([Ti]([CH3])[CH3])=C1C.Cl.Cl.Pc1ccccc1.[SiH4]. The van der Waals surface area contributed by atoms with Crippen LogP contribution in [0.1, 0.15) is 27.7 Å². The zero-order valence-electron chi connectivity index (χ0n) is 13.9. The summed E-state index contributed by atoms with van der Waals surface area (Å²) in [5, 5.41) is 6.16. The van der Waals surface area contributed by atoms with Crippen LogP contribution in [0.4, 0.5) is 0 Å². The third-order valence-electron chi connectivity index (χ3n) is 3.98. The average Bonchev–Trinajstić information content (AvgIpc) is 2.55. The van der Waals surface area contributed by atoms with Gasteiger partial charge in [-0.3, -0.25) is 0 Å². The van der Waals surface area contributed by atoms with E-state index in [2.05, 4.69) is 47.4 Å². The van der Waals surface area contributed by atoms with E-state index in [9.17, 15) is 0 Å². The molecule has 0 radical (unpaired) electrons. The molecule has 0 aromatic heterocycles. The van der Waals surface area contributed by atoms with Crippen LogP contribution < -0.4 is 5.30 Å². The standard InChI is InChI=1S/C9H13.C6H7P.2CH3.2ClH.H4Si.Ti/c1-6-5-7(2)9(4)8(6)3;7-6-4-2-1-3-5-6;;;;;;/h6H,1-4H3;1-5H,7H2;2*1H3;2*1H;1H4;. The van der Waals surface area contributed by atoms with E-state index < -0.39 is 17.9 Å². The molecule has 1 aromatic carbocycles. The number of benzene rings is 1. The first-order valence-corrected chi connectivity index (χ1v) is 11.3. The molecular formula is C17H32Cl2PSiTi. The number of halogens is 2. The van der Waals surface area contributed by atoms with E-state index >= 15 is 0 Å².